The maximum Gasteiger partial charge on any atom is 0.321 e. The molecule has 1 atom stereocenters. The molecule has 6 heteroatoms. The summed E-state index contributed by atoms with van der Waals surface area (Å²) in [6.07, 6.45) is 3.17. The Morgan fingerprint density at radius 1 is 1.15 bits per heavy atom. The Hall–Kier alpha value is -1.66. The minimum Gasteiger partial charge on any atom is -0.323 e. The first-order chi connectivity index (χ1) is 12.6. The molecule has 2 saturated heterocycles. The van der Waals surface area contributed by atoms with Crippen molar-refractivity contribution in [2.75, 3.05) is 51.1 Å². The van der Waals surface area contributed by atoms with Crippen molar-refractivity contribution in [1.82, 2.24) is 14.7 Å². The van der Waals surface area contributed by atoms with Crippen LogP contribution in [-0.2, 0) is 0 Å². The van der Waals surface area contributed by atoms with E-state index in [9.17, 15) is 9.18 Å². The molecule has 3 aliphatic rings. The van der Waals surface area contributed by atoms with Gasteiger partial charge in [0, 0.05) is 51.0 Å². The van der Waals surface area contributed by atoms with Gasteiger partial charge in [0.2, 0.25) is 0 Å². The number of hydrogen-bond acceptors (Lipinski definition) is 3. The lowest BCUT2D eigenvalue weighted by atomic mass is 10.1. The van der Waals surface area contributed by atoms with Crippen LogP contribution in [0.1, 0.15) is 37.7 Å². The molecule has 1 aromatic carbocycles. The van der Waals surface area contributed by atoms with E-state index in [1.54, 1.807) is 0 Å². The lowest BCUT2D eigenvalue weighted by molar-refractivity contribution is 0.103. The van der Waals surface area contributed by atoms with E-state index in [4.69, 9.17) is 0 Å². The van der Waals surface area contributed by atoms with E-state index in [1.165, 1.54) is 6.07 Å². The highest BCUT2D eigenvalue weighted by atomic mass is 19.1. The molecule has 0 bridgehead atoms. The minimum atomic E-state index is -0.196. The first-order valence-electron chi connectivity index (χ1n) is 9.96. The summed E-state index contributed by atoms with van der Waals surface area (Å²) in [7, 11) is 0. The van der Waals surface area contributed by atoms with Gasteiger partial charge in [-0.25, -0.2) is 9.18 Å². The van der Waals surface area contributed by atoms with Gasteiger partial charge in [-0.15, -0.1) is 0 Å². The highest BCUT2D eigenvalue weighted by molar-refractivity contribution is 5.89. The van der Waals surface area contributed by atoms with E-state index >= 15 is 0 Å². The Bertz CT molecular complexity index is 655. The molecule has 0 unspecified atom stereocenters. The quantitative estimate of drug-likeness (QED) is 0.897. The van der Waals surface area contributed by atoms with E-state index in [-0.39, 0.29) is 11.8 Å². The Morgan fingerprint density at radius 3 is 2.58 bits per heavy atom. The maximum atomic E-state index is 14.2. The van der Waals surface area contributed by atoms with E-state index in [2.05, 4.69) is 22.0 Å². The van der Waals surface area contributed by atoms with Gasteiger partial charge in [0.05, 0.1) is 0 Å². The smallest absolute Gasteiger partial charge is 0.321 e. The van der Waals surface area contributed by atoms with Crippen LogP contribution in [0.3, 0.4) is 0 Å². The van der Waals surface area contributed by atoms with E-state index in [0.29, 0.717) is 17.6 Å². The molecular formula is C20H29FN4O. The minimum absolute atomic E-state index is 0.113. The second kappa shape index (κ2) is 7.53. The molecule has 1 saturated carbocycles. The van der Waals surface area contributed by atoms with Crippen molar-refractivity contribution >= 4 is 11.7 Å². The lowest BCUT2D eigenvalue weighted by Crippen LogP contribution is -2.51. The van der Waals surface area contributed by atoms with E-state index in [0.717, 1.165) is 70.6 Å². The number of halogens is 1. The van der Waals surface area contributed by atoms with Crippen LogP contribution in [0.2, 0.25) is 0 Å². The number of likely N-dealkylation sites (N-methyl/N-ethyl adjacent to an activating group) is 1. The van der Waals surface area contributed by atoms with Crippen molar-refractivity contribution in [3.05, 3.63) is 29.6 Å². The monoisotopic (exact) mass is 360 g/mol. The molecule has 1 N–H and O–H groups in total. The molecule has 5 nitrogen and oxygen atoms in total. The number of carbonyl (C=O) groups is 1. The summed E-state index contributed by atoms with van der Waals surface area (Å²) < 4.78 is 14.2. The van der Waals surface area contributed by atoms with Crippen LogP contribution in [-0.4, -0.2) is 72.6 Å². The third-order valence-corrected chi connectivity index (χ3v) is 6.09. The highest BCUT2D eigenvalue weighted by Gasteiger charge is 2.32. The van der Waals surface area contributed by atoms with E-state index in [1.807, 2.05) is 17.0 Å². The van der Waals surface area contributed by atoms with Gasteiger partial charge < -0.3 is 15.1 Å². The van der Waals surface area contributed by atoms with Gasteiger partial charge >= 0.3 is 6.03 Å². The van der Waals surface area contributed by atoms with Crippen molar-refractivity contribution in [2.24, 2.45) is 0 Å². The molecule has 2 aliphatic heterocycles. The van der Waals surface area contributed by atoms with Gasteiger partial charge in [0.15, 0.2) is 0 Å². The standard InChI is InChI=1S/C20H29FN4O/c1-2-23-9-11-24(12-10-23)17-7-8-25(14-17)20(26)22-16-5-6-18(15-3-4-15)19(21)13-16/h5-6,13,15,17H,2-4,7-12,14H2,1H3,(H,22,26)/t17-/m0/s1. The van der Waals surface area contributed by atoms with Crippen LogP contribution in [0.15, 0.2) is 18.2 Å². The van der Waals surface area contributed by atoms with Crippen LogP contribution in [0, 0.1) is 5.82 Å². The third-order valence-electron chi connectivity index (χ3n) is 6.09. The second-order valence-electron chi connectivity index (χ2n) is 7.80. The number of amides is 2. The summed E-state index contributed by atoms with van der Waals surface area (Å²) in [6.45, 7) is 9.26. The largest absolute Gasteiger partial charge is 0.323 e. The fraction of sp³-hybridized carbons (Fsp3) is 0.650. The average Bonchev–Trinajstić information content (AvgIpc) is 3.37. The molecule has 26 heavy (non-hydrogen) atoms. The normalized spacial score (nSPS) is 24.8. The summed E-state index contributed by atoms with van der Waals surface area (Å²) in [4.78, 5) is 19.4. The number of nitrogens with one attached hydrogen (secondary N) is 1. The molecule has 1 aliphatic carbocycles. The van der Waals surface area contributed by atoms with Gasteiger partial charge in [-0.2, -0.15) is 0 Å². The zero-order valence-corrected chi connectivity index (χ0v) is 15.6. The number of urea groups is 1. The van der Waals surface area contributed by atoms with Crippen molar-refractivity contribution in [1.29, 1.82) is 0 Å². The SMILES string of the molecule is CCN1CCN([C@H]2CCN(C(=O)Nc3ccc(C4CC4)c(F)c3)C2)CC1. The van der Waals surface area contributed by atoms with Crippen molar-refractivity contribution in [3.63, 3.8) is 0 Å². The Labute approximate surface area is 155 Å². The number of carbonyl (C=O) groups excluding carboxylic acids is 1. The Morgan fingerprint density at radius 2 is 1.92 bits per heavy atom. The van der Waals surface area contributed by atoms with Crippen LogP contribution >= 0.6 is 0 Å². The predicted octanol–water partition coefficient (Wildman–Crippen LogP) is 2.95. The summed E-state index contributed by atoms with van der Waals surface area (Å²) >= 11 is 0. The van der Waals surface area contributed by atoms with E-state index < -0.39 is 0 Å². The van der Waals surface area contributed by atoms with Crippen molar-refractivity contribution < 1.29 is 9.18 Å². The predicted molar refractivity (Wildman–Crippen MR) is 101 cm³/mol. The molecule has 0 spiro atoms. The lowest BCUT2D eigenvalue weighted by Gasteiger charge is -2.37. The number of nitrogens with zero attached hydrogens (tertiary/aromatic N) is 3. The van der Waals surface area contributed by atoms with Crippen LogP contribution in [0.5, 0.6) is 0 Å². The number of benzene rings is 1. The average molecular weight is 360 g/mol. The fourth-order valence-electron chi connectivity index (χ4n) is 4.20. The van der Waals surface area contributed by atoms with Gasteiger partial charge in [0.1, 0.15) is 5.82 Å². The molecule has 142 valence electrons. The van der Waals surface area contributed by atoms with Crippen molar-refractivity contribution in [3.8, 4) is 0 Å². The van der Waals surface area contributed by atoms with Crippen molar-refractivity contribution in [2.45, 2.75) is 38.1 Å². The molecule has 3 fully saturated rings. The second-order valence-corrected chi connectivity index (χ2v) is 7.80. The molecule has 4 rings (SSSR count). The van der Waals surface area contributed by atoms with Gasteiger partial charge in [-0.1, -0.05) is 13.0 Å². The maximum absolute atomic E-state index is 14.2. The number of likely N-dealkylation sites (tertiary alicyclic amines) is 1. The summed E-state index contributed by atoms with van der Waals surface area (Å²) in [5.41, 5.74) is 1.34. The molecule has 2 heterocycles. The molecule has 0 radical (unpaired) electrons. The number of hydrogen-bond donors (Lipinski definition) is 1. The van der Waals surface area contributed by atoms with Crippen LogP contribution in [0.25, 0.3) is 0 Å². The molecule has 0 aromatic heterocycles. The zero-order chi connectivity index (χ0) is 18.1. The Kier molecular flexibility index (Phi) is 5.14. The first-order valence-corrected chi connectivity index (χ1v) is 9.96. The summed E-state index contributed by atoms with van der Waals surface area (Å²) in [6, 6.07) is 5.45. The number of rotatable bonds is 4. The Balaban J connectivity index is 1.30. The van der Waals surface area contributed by atoms with Crippen LogP contribution in [0.4, 0.5) is 14.9 Å². The van der Waals surface area contributed by atoms with Crippen LogP contribution < -0.4 is 5.32 Å². The fourth-order valence-corrected chi connectivity index (χ4v) is 4.20. The molecule has 1 aromatic rings. The highest BCUT2D eigenvalue weighted by Crippen LogP contribution is 2.41. The van der Waals surface area contributed by atoms with Gasteiger partial charge in [-0.05, 0) is 49.4 Å². The first kappa shape index (κ1) is 17.7. The molecule has 2 amide bonds. The number of anilines is 1. The topological polar surface area (TPSA) is 38.8 Å². The summed E-state index contributed by atoms with van der Waals surface area (Å²) in [5.74, 6) is 0.186. The summed E-state index contributed by atoms with van der Waals surface area (Å²) in [5, 5.41) is 2.87. The molecular weight excluding hydrogens is 331 g/mol. The van der Waals surface area contributed by atoms with Gasteiger partial charge in [-0.3, -0.25) is 4.90 Å². The number of piperazine rings is 1. The third kappa shape index (κ3) is 3.86. The zero-order valence-electron chi connectivity index (χ0n) is 15.6. The van der Waals surface area contributed by atoms with Gasteiger partial charge in [0.25, 0.3) is 0 Å².